The Hall–Kier alpha value is -0.0800. The van der Waals surface area contributed by atoms with Gasteiger partial charge in [0.25, 0.3) is 0 Å². The lowest BCUT2D eigenvalue weighted by molar-refractivity contribution is 0.0957. The molecule has 0 amide bonds. The molecule has 0 bridgehead atoms. The van der Waals surface area contributed by atoms with Crippen LogP contribution in [0.3, 0.4) is 0 Å². The van der Waals surface area contributed by atoms with Crippen LogP contribution in [0.1, 0.15) is 38.5 Å². The first-order valence-corrected chi connectivity index (χ1v) is 5.59. The molecule has 0 radical (unpaired) electrons. The van der Waals surface area contributed by atoms with Crippen LogP contribution in [0.25, 0.3) is 0 Å². The smallest absolute Gasteiger partial charge is 0.0613 e. The van der Waals surface area contributed by atoms with Crippen molar-refractivity contribution in [2.45, 2.75) is 44.1 Å². The minimum atomic E-state index is 0.0610. The van der Waals surface area contributed by atoms with Gasteiger partial charge in [-0.1, -0.05) is 12.8 Å². The highest BCUT2D eigenvalue weighted by molar-refractivity contribution is 4.96. The highest BCUT2D eigenvalue weighted by Gasteiger charge is 2.40. The molecule has 13 heavy (non-hydrogen) atoms. The van der Waals surface area contributed by atoms with Crippen LogP contribution in [-0.4, -0.2) is 24.3 Å². The van der Waals surface area contributed by atoms with E-state index in [1.54, 1.807) is 0 Å². The molecule has 0 aromatic rings. The van der Waals surface area contributed by atoms with Gasteiger partial charge in [0.05, 0.1) is 6.61 Å². The maximum atomic E-state index is 9.40. The van der Waals surface area contributed by atoms with Crippen LogP contribution in [0, 0.1) is 11.8 Å². The number of nitrogens with one attached hydrogen (secondary N) is 1. The van der Waals surface area contributed by atoms with Crippen LogP contribution in [0.5, 0.6) is 0 Å². The van der Waals surface area contributed by atoms with E-state index in [1.165, 1.54) is 32.1 Å². The third kappa shape index (κ3) is 1.89. The minimum absolute atomic E-state index is 0.0610. The molecule has 76 valence electrons. The number of rotatable bonds is 3. The third-order valence-electron chi connectivity index (χ3n) is 4.00. The number of aliphatic hydroxyl groups is 1. The molecule has 2 unspecified atom stereocenters. The van der Waals surface area contributed by atoms with E-state index in [0.717, 1.165) is 18.3 Å². The monoisotopic (exact) mass is 183 g/mol. The zero-order valence-electron chi connectivity index (χ0n) is 8.55. The van der Waals surface area contributed by atoms with Gasteiger partial charge in [-0.2, -0.15) is 0 Å². The highest BCUT2D eigenvalue weighted by atomic mass is 16.3. The summed E-state index contributed by atoms with van der Waals surface area (Å²) in [5.41, 5.74) is 0.0610. The van der Waals surface area contributed by atoms with Crippen molar-refractivity contribution in [1.29, 1.82) is 0 Å². The van der Waals surface area contributed by atoms with Gasteiger partial charge in [0.2, 0.25) is 0 Å². The summed E-state index contributed by atoms with van der Waals surface area (Å²) in [6, 6.07) is 0. The molecule has 2 fully saturated rings. The fraction of sp³-hybridized carbons (Fsp3) is 1.00. The lowest BCUT2D eigenvalue weighted by Gasteiger charge is -2.39. The van der Waals surface area contributed by atoms with E-state index in [9.17, 15) is 5.11 Å². The lowest BCUT2D eigenvalue weighted by Crippen LogP contribution is -2.50. The van der Waals surface area contributed by atoms with Gasteiger partial charge in [-0.05, 0) is 44.6 Å². The Morgan fingerprint density at radius 2 is 2.08 bits per heavy atom. The first-order chi connectivity index (χ1) is 6.29. The summed E-state index contributed by atoms with van der Waals surface area (Å²) in [5.74, 6) is 1.90. The number of hydrogen-bond donors (Lipinski definition) is 2. The largest absolute Gasteiger partial charge is 0.394 e. The predicted octanol–water partition coefficient (Wildman–Crippen LogP) is 1.54. The Balaban J connectivity index is 1.96. The van der Waals surface area contributed by atoms with E-state index >= 15 is 0 Å². The molecule has 0 aromatic heterocycles. The number of likely N-dealkylation sites (N-methyl/N-ethyl adjacent to an activating group) is 1. The Labute approximate surface area is 80.7 Å². The summed E-state index contributed by atoms with van der Waals surface area (Å²) < 4.78 is 0. The Morgan fingerprint density at radius 3 is 2.62 bits per heavy atom. The molecular formula is C11H21NO. The molecule has 0 aromatic carbocycles. The molecule has 2 saturated carbocycles. The summed E-state index contributed by atoms with van der Waals surface area (Å²) in [5, 5.41) is 12.7. The average Bonchev–Trinajstić information content (AvgIpc) is 3.01. The Morgan fingerprint density at radius 1 is 1.31 bits per heavy atom. The van der Waals surface area contributed by atoms with Crippen LogP contribution in [0.4, 0.5) is 0 Å². The molecule has 2 rings (SSSR count). The van der Waals surface area contributed by atoms with Gasteiger partial charge in [0, 0.05) is 5.54 Å². The predicted molar refractivity (Wildman–Crippen MR) is 53.6 cm³/mol. The van der Waals surface area contributed by atoms with E-state index in [1.807, 2.05) is 7.05 Å². The van der Waals surface area contributed by atoms with Gasteiger partial charge < -0.3 is 10.4 Å². The second-order valence-corrected chi connectivity index (χ2v) is 4.88. The molecule has 2 atom stereocenters. The zero-order chi connectivity index (χ0) is 9.31. The van der Waals surface area contributed by atoms with Crippen molar-refractivity contribution in [3.8, 4) is 0 Å². The number of aliphatic hydroxyl groups excluding tert-OH is 1. The maximum absolute atomic E-state index is 9.40. The van der Waals surface area contributed by atoms with Crippen molar-refractivity contribution in [2.75, 3.05) is 13.7 Å². The van der Waals surface area contributed by atoms with Crippen LogP contribution in [0.2, 0.25) is 0 Å². The van der Waals surface area contributed by atoms with Gasteiger partial charge in [0.15, 0.2) is 0 Å². The van der Waals surface area contributed by atoms with Crippen molar-refractivity contribution in [3.05, 3.63) is 0 Å². The van der Waals surface area contributed by atoms with Crippen molar-refractivity contribution >= 4 is 0 Å². The van der Waals surface area contributed by atoms with E-state index in [-0.39, 0.29) is 5.54 Å². The standard InChI is InChI=1S/C11H21NO/c1-12-11(8-13)6-2-3-10(7-11)9-4-5-9/h9-10,12-13H,2-8H2,1H3. The van der Waals surface area contributed by atoms with Crippen LogP contribution in [0.15, 0.2) is 0 Å². The molecule has 0 saturated heterocycles. The van der Waals surface area contributed by atoms with E-state index in [0.29, 0.717) is 6.61 Å². The summed E-state index contributed by atoms with van der Waals surface area (Å²) >= 11 is 0. The van der Waals surface area contributed by atoms with Crippen LogP contribution in [-0.2, 0) is 0 Å². The Kier molecular flexibility index (Phi) is 2.61. The third-order valence-corrected chi connectivity index (χ3v) is 4.00. The second-order valence-electron chi connectivity index (χ2n) is 4.88. The van der Waals surface area contributed by atoms with Gasteiger partial charge in [-0.25, -0.2) is 0 Å². The van der Waals surface area contributed by atoms with E-state index in [4.69, 9.17) is 0 Å². The molecule has 0 spiro atoms. The van der Waals surface area contributed by atoms with Crippen LogP contribution >= 0.6 is 0 Å². The lowest BCUT2D eigenvalue weighted by atomic mass is 9.74. The summed E-state index contributed by atoms with van der Waals surface area (Å²) in [7, 11) is 1.99. The topological polar surface area (TPSA) is 32.3 Å². The van der Waals surface area contributed by atoms with E-state index in [2.05, 4.69) is 5.32 Å². The van der Waals surface area contributed by atoms with Gasteiger partial charge >= 0.3 is 0 Å². The summed E-state index contributed by atoms with van der Waals surface area (Å²) in [4.78, 5) is 0. The molecule has 0 heterocycles. The summed E-state index contributed by atoms with van der Waals surface area (Å²) in [6.07, 6.45) is 7.93. The van der Waals surface area contributed by atoms with Gasteiger partial charge in [0.1, 0.15) is 0 Å². The minimum Gasteiger partial charge on any atom is -0.394 e. The highest BCUT2D eigenvalue weighted by Crippen LogP contribution is 2.46. The van der Waals surface area contributed by atoms with Gasteiger partial charge in [-0.3, -0.25) is 0 Å². The van der Waals surface area contributed by atoms with Crippen molar-refractivity contribution < 1.29 is 5.11 Å². The second kappa shape index (κ2) is 3.58. The molecule has 0 aliphatic heterocycles. The number of hydrogen-bond acceptors (Lipinski definition) is 2. The average molecular weight is 183 g/mol. The fourth-order valence-corrected chi connectivity index (χ4v) is 2.83. The van der Waals surface area contributed by atoms with Crippen molar-refractivity contribution in [1.82, 2.24) is 5.32 Å². The van der Waals surface area contributed by atoms with Gasteiger partial charge in [-0.15, -0.1) is 0 Å². The summed E-state index contributed by atoms with van der Waals surface area (Å²) in [6.45, 7) is 0.312. The quantitative estimate of drug-likeness (QED) is 0.695. The SMILES string of the molecule is CNC1(CO)CCCC(C2CC2)C1. The Bertz CT molecular complexity index is 173. The molecule has 2 aliphatic carbocycles. The zero-order valence-corrected chi connectivity index (χ0v) is 8.55. The first-order valence-electron chi connectivity index (χ1n) is 5.59. The molecular weight excluding hydrogens is 162 g/mol. The van der Waals surface area contributed by atoms with Crippen molar-refractivity contribution in [3.63, 3.8) is 0 Å². The van der Waals surface area contributed by atoms with E-state index < -0.39 is 0 Å². The normalized spacial score (nSPS) is 40.6. The maximum Gasteiger partial charge on any atom is 0.0613 e. The first kappa shape index (κ1) is 9.47. The molecule has 2 aliphatic rings. The molecule has 2 N–H and O–H groups in total. The molecule has 2 heteroatoms. The fourth-order valence-electron chi connectivity index (χ4n) is 2.83. The van der Waals surface area contributed by atoms with Crippen LogP contribution < -0.4 is 5.32 Å². The van der Waals surface area contributed by atoms with Crippen molar-refractivity contribution in [2.24, 2.45) is 11.8 Å². The molecule has 2 nitrogen and oxygen atoms in total.